The first-order valence-corrected chi connectivity index (χ1v) is 8.63. The van der Waals surface area contributed by atoms with E-state index >= 15 is 0 Å². The number of piperazine rings is 1. The van der Waals surface area contributed by atoms with Crippen molar-refractivity contribution in [3.63, 3.8) is 0 Å². The summed E-state index contributed by atoms with van der Waals surface area (Å²) >= 11 is 1.60. The molecule has 4 heteroatoms. The van der Waals surface area contributed by atoms with Gasteiger partial charge in [-0.2, -0.15) is 11.8 Å². The maximum absolute atomic E-state index is 11.9. The van der Waals surface area contributed by atoms with Gasteiger partial charge in [0.2, 0.25) is 5.91 Å². The Balaban J connectivity index is 1.97. The van der Waals surface area contributed by atoms with E-state index in [-0.39, 0.29) is 5.91 Å². The maximum atomic E-state index is 11.9. The van der Waals surface area contributed by atoms with E-state index in [2.05, 4.69) is 43.0 Å². The van der Waals surface area contributed by atoms with Crippen molar-refractivity contribution in [2.75, 3.05) is 43.1 Å². The van der Waals surface area contributed by atoms with Crippen LogP contribution in [0.1, 0.15) is 25.3 Å². The van der Waals surface area contributed by atoms with Crippen LogP contribution in [0, 0.1) is 0 Å². The van der Waals surface area contributed by atoms with Gasteiger partial charge in [0, 0.05) is 31.9 Å². The molecule has 1 saturated heterocycles. The molecule has 1 heterocycles. The summed E-state index contributed by atoms with van der Waals surface area (Å²) in [7, 11) is 0. The quantitative estimate of drug-likeness (QED) is 0.852. The molecule has 0 aliphatic carbocycles. The van der Waals surface area contributed by atoms with Gasteiger partial charge in [0.05, 0.1) is 5.75 Å². The predicted octanol–water partition coefficient (Wildman–Crippen LogP) is 2.82. The molecule has 0 aromatic heterocycles. The molecule has 1 aromatic carbocycles. The lowest BCUT2D eigenvalue weighted by atomic mass is 10.0. The van der Waals surface area contributed by atoms with Crippen molar-refractivity contribution in [3.05, 3.63) is 29.8 Å². The molecule has 1 aliphatic heterocycles. The van der Waals surface area contributed by atoms with Gasteiger partial charge in [-0.05, 0) is 29.9 Å². The smallest absolute Gasteiger partial charge is 0.232 e. The zero-order chi connectivity index (χ0) is 14.5. The van der Waals surface area contributed by atoms with Crippen molar-refractivity contribution in [2.24, 2.45) is 0 Å². The largest absolute Gasteiger partial charge is 0.368 e. The highest BCUT2D eigenvalue weighted by molar-refractivity contribution is 7.99. The minimum absolute atomic E-state index is 0.271. The molecule has 1 aromatic rings. The summed E-state index contributed by atoms with van der Waals surface area (Å²) in [6, 6.07) is 8.78. The Morgan fingerprint density at radius 1 is 1.25 bits per heavy atom. The second-order valence-corrected chi connectivity index (χ2v) is 6.42. The van der Waals surface area contributed by atoms with Crippen molar-refractivity contribution >= 4 is 23.4 Å². The van der Waals surface area contributed by atoms with Crippen LogP contribution in [0.25, 0.3) is 0 Å². The van der Waals surface area contributed by atoms with Gasteiger partial charge in [-0.1, -0.05) is 26.0 Å². The number of thioether (sulfide) groups is 1. The Morgan fingerprint density at radius 3 is 2.55 bits per heavy atom. The Kier molecular flexibility index (Phi) is 5.35. The number of carbonyl (C=O) groups is 1. The molecular formula is C16H24N2OS. The van der Waals surface area contributed by atoms with Crippen LogP contribution >= 0.6 is 11.8 Å². The molecule has 3 nitrogen and oxygen atoms in total. The molecule has 0 bridgehead atoms. The van der Waals surface area contributed by atoms with E-state index in [1.54, 1.807) is 11.8 Å². The summed E-state index contributed by atoms with van der Waals surface area (Å²) in [4.78, 5) is 16.2. The fourth-order valence-electron chi connectivity index (χ4n) is 2.51. The molecule has 0 atom stereocenters. The van der Waals surface area contributed by atoms with Gasteiger partial charge in [-0.15, -0.1) is 0 Å². The van der Waals surface area contributed by atoms with Crippen molar-refractivity contribution in [1.82, 2.24) is 4.90 Å². The standard InChI is InChI=1S/C16H24N2OS/c1-13(2)14-5-4-6-15(11-14)17-7-9-18(10-8-17)16(19)12-20-3/h4-6,11,13H,7-10,12H2,1-3H3. The third kappa shape index (κ3) is 3.69. The third-order valence-electron chi connectivity index (χ3n) is 3.80. The molecular weight excluding hydrogens is 268 g/mol. The van der Waals surface area contributed by atoms with Gasteiger partial charge >= 0.3 is 0 Å². The normalized spacial score (nSPS) is 15.8. The fraction of sp³-hybridized carbons (Fsp3) is 0.562. The minimum atomic E-state index is 0.271. The van der Waals surface area contributed by atoms with Crippen LogP contribution < -0.4 is 4.90 Å². The Morgan fingerprint density at radius 2 is 1.95 bits per heavy atom. The summed E-state index contributed by atoms with van der Waals surface area (Å²) in [5.41, 5.74) is 2.66. The molecule has 110 valence electrons. The van der Waals surface area contributed by atoms with Crippen LogP contribution in [-0.2, 0) is 4.79 Å². The van der Waals surface area contributed by atoms with Gasteiger partial charge in [0.25, 0.3) is 0 Å². The number of anilines is 1. The number of hydrogen-bond acceptors (Lipinski definition) is 3. The van der Waals surface area contributed by atoms with Crippen molar-refractivity contribution < 1.29 is 4.79 Å². The zero-order valence-electron chi connectivity index (χ0n) is 12.6. The topological polar surface area (TPSA) is 23.6 Å². The first-order chi connectivity index (χ1) is 9.61. The van der Waals surface area contributed by atoms with E-state index in [0.29, 0.717) is 11.7 Å². The molecule has 1 fully saturated rings. The Labute approximate surface area is 126 Å². The van der Waals surface area contributed by atoms with Crippen LogP contribution in [-0.4, -0.2) is 49.0 Å². The highest BCUT2D eigenvalue weighted by atomic mass is 32.2. The van der Waals surface area contributed by atoms with Crippen LogP contribution in [0.2, 0.25) is 0 Å². The van der Waals surface area contributed by atoms with Gasteiger partial charge in [-0.25, -0.2) is 0 Å². The fourth-order valence-corrected chi connectivity index (χ4v) is 2.94. The lowest BCUT2D eigenvalue weighted by Crippen LogP contribution is -2.49. The number of hydrogen-bond donors (Lipinski definition) is 0. The third-order valence-corrected chi connectivity index (χ3v) is 4.34. The molecule has 20 heavy (non-hydrogen) atoms. The zero-order valence-corrected chi connectivity index (χ0v) is 13.4. The number of carbonyl (C=O) groups excluding carboxylic acids is 1. The van der Waals surface area contributed by atoms with Gasteiger partial charge in [-0.3, -0.25) is 4.79 Å². The van der Waals surface area contributed by atoms with Crippen LogP contribution in [0.5, 0.6) is 0 Å². The van der Waals surface area contributed by atoms with Crippen molar-refractivity contribution in [1.29, 1.82) is 0 Å². The van der Waals surface area contributed by atoms with Gasteiger partial charge < -0.3 is 9.80 Å². The Bertz CT molecular complexity index is 454. The molecule has 1 amide bonds. The molecule has 0 spiro atoms. The highest BCUT2D eigenvalue weighted by Crippen LogP contribution is 2.22. The Hall–Kier alpha value is -1.16. The SMILES string of the molecule is CSCC(=O)N1CCN(c2cccc(C(C)C)c2)CC1. The maximum Gasteiger partial charge on any atom is 0.232 e. The second-order valence-electron chi connectivity index (χ2n) is 5.55. The summed E-state index contributed by atoms with van der Waals surface area (Å²) in [5, 5.41) is 0. The number of nitrogens with zero attached hydrogens (tertiary/aromatic N) is 2. The van der Waals surface area contributed by atoms with Crippen LogP contribution in [0.3, 0.4) is 0 Å². The van der Waals surface area contributed by atoms with E-state index in [1.807, 2.05) is 11.2 Å². The first-order valence-electron chi connectivity index (χ1n) is 7.23. The molecule has 0 N–H and O–H groups in total. The molecule has 0 saturated carbocycles. The summed E-state index contributed by atoms with van der Waals surface area (Å²) in [5.74, 6) is 1.43. The predicted molar refractivity (Wildman–Crippen MR) is 87.7 cm³/mol. The highest BCUT2D eigenvalue weighted by Gasteiger charge is 2.20. The van der Waals surface area contributed by atoms with Gasteiger partial charge in [0.1, 0.15) is 0 Å². The number of benzene rings is 1. The number of amides is 1. The lowest BCUT2D eigenvalue weighted by molar-refractivity contribution is -0.128. The van der Waals surface area contributed by atoms with Crippen molar-refractivity contribution in [2.45, 2.75) is 19.8 Å². The number of rotatable bonds is 4. The lowest BCUT2D eigenvalue weighted by Gasteiger charge is -2.36. The van der Waals surface area contributed by atoms with Crippen molar-refractivity contribution in [3.8, 4) is 0 Å². The van der Waals surface area contributed by atoms with E-state index in [9.17, 15) is 4.79 Å². The summed E-state index contributed by atoms with van der Waals surface area (Å²) in [6.45, 7) is 7.98. The van der Waals surface area contributed by atoms with Gasteiger partial charge in [0.15, 0.2) is 0 Å². The van der Waals surface area contributed by atoms with Crippen LogP contribution in [0.4, 0.5) is 5.69 Å². The average Bonchev–Trinajstić information content (AvgIpc) is 2.48. The van der Waals surface area contributed by atoms with E-state index < -0.39 is 0 Å². The monoisotopic (exact) mass is 292 g/mol. The van der Waals surface area contributed by atoms with E-state index in [0.717, 1.165) is 26.2 Å². The first kappa shape index (κ1) is 15.2. The summed E-state index contributed by atoms with van der Waals surface area (Å²) < 4.78 is 0. The second kappa shape index (κ2) is 7.02. The molecule has 0 radical (unpaired) electrons. The average molecular weight is 292 g/mol. The molecule has 2 rings (SSSR count). The molecule has 1 aliphatic rings. The summed E-state index contributed by atoms with van der Waals surface area (Å²) in [6.07, 6.45) is 1.98. The van der Waals surface area contributed by atoms with Crippen LogP contribution in [0.15, 0.2) is 24.3 Å². The van der Waals surface area contributed by atoms with E-state index in [1.165, 1.54) is 11.3 Å². The minimum Gasteiger partial charge on any atom is -0.368 e. The van der Waals surface area contributed by atoms with E-state index in [4.69, 9.17) is 0 Å². The molecule has 0 unspecified atom stereocenters.